The minimum Gasteiger partial charge on any atom is -0.508 e. The number of phenolic OH excluding ortho intramolecular Hbond substituents is 2. The first-order valence-electron chi connectivity index (χ1n) is 6.37. The van der Waals surface area contributed by atoms with Crippen molar-refractivity contribution >= 4 is 5.76 Å². The Kier molecular flexibility index (Phi) is 3.17. The molecule has 3 nitrogen and oxygen atoms in total. The van der Waals surface area contributed by atoms with Gasteiger partial charge in [0, 0.05) is 5.56 Å². The summed E-state index contributed by atoms with van der Waals surface area (Å²) in [6.07, 6.45) is 5.16. The van der Waals surface area contributed by atoms with Crippen LogP contribution >= 0.6 is 0 Å². The van der Waals surface area contributed by atoms with Crippen molar-refractivity contribution in [3.8, 4) is 11.5 Å². The van der Waals surface area contributed by atoms with Crippen molar-refractivity contribution < 1.29 is 14.9 Å². The summed E-state index contributed by atoms with van der Waals surface area (Å²) in [5.74, 6) is 0.949. The highest BCUT2D eigenvalue weighted by atomic mass is 16.5. The van der Waals surface area contributed by atoms with Crippen LogP contribution in [0.1, 0.15) is 17.2 Å². The molecule has 1 heterocycles. The molecule has 100 valence electrons. The molecule has 0 amide bonds. The Balaban J connectivity index is 1.92. The predicted molar refractivity (Wildman–Crippen MR) is 77.2 cm³/mol. The summed E-state index contributed by atoms with van der Waals surface area (Å²) < 4.78 is 5.87. The Bertz CT molecular complexity index is 686. The maximum Gasteiger partial charge on any atom is 0.146 e. The van der Waals surface area contributed by atoms with E-state index < -0.39 is 0 Å². The van der Waals surface area contributed by atoms with E-state index in [1.807, 2.05) is 30.4 Å². The Labute approximate surface area is 117 Å². The highest BCUT2D eigenvalue weighted by Crippen LogP contribution is 2.36. The molecule has 20 heavy (non-hydrogen) atoms. The van der Waals surface area contributed by atoms with Crippen LogP contribution in [0.2, 0.25) is 0 Å². The molecule has 0 radical (unpaired) electrons. The van der Waals surface area contributed by atoms with Crippen molar-refractivity contribution in [1.82, 2.24) is 0 Å². The SMILES string of the molecule is Oc1ccccc1C1=CC=CC(c2ccccc2O)O1. The average Bonchev–Trinajstić information content (AvgIpc) is 2.48. The third-order valence-electron chi connectivity index (χ3n) is 3.20. The molecule has 3 rings (SSSR count). The zero-order valence-electron chi connectivity index (χ0n) is 10.7. The molecule has 0 spiro atoms. The lowest BCUT2D eigenvalue weighted by molar-refractivity contribution is 0.207. The topological polar surface area (TPSA) is 49.7 Å². The molecule has 0 saturated carbocycles. The van der Waals surface area contributed by atoms with Gasteiger partial charge in [-0.25, -0.2) is 0 Å². The first kappa shape index (κ1) is 12.4. The van der Waals surface area contributed by atoms with Gasteiger partial charge in [-0.2, -0.15) is 0 Å². The van der Waals surface area contributed by atoms with Crippen molar-refractivity contribution in [3.63, 3.8) is 0 Å². The number of para-hydroxylation sites is 2. The summed E-state index contributed by atoms with van der Waals surface area (Å²) >= 11 is 0. The van der Waals surface area contributed by atoms with E-state index in [0.29, 0.717) is 16.9 Å². The summed E-state index contributed by atoms with van der Waals surface area (Å²) in [6, 6.07) is 14.1. The van der Waals surface area contributed by atoms with Crippen molar-refractivity contribution in [1.29, 1.82) is 0 Å². The van der Waals surface area contributed by atoms with E-state index in [2.05, 4.69) is 0 Å². The van der Waals surface area contributed by atoms with Crippen LogP contribution in [0.5, 0.6) is 11.5 Å². The van der Waals surface area contributed by atoms with Gasteiger partial charge >= 0.3 is 0 Å². The fourth-order valence-electron chi connectivity index (χ4n) is 2.19. The van der Waals surface area contributed by atoms with Crippen LogP contribution in [0.4, 0.5) is 0 Å². The van der Waals surface area contributed by atoms with Crippen molar-refractivity contribution in [2.24, 2.45) is 0 Å². The second-order valence-electron chi connectivity index (χ2n) is 4.53. The quantitative estimate of drug-likeness (QED) is 0.870. The number of phenols is 2. The van der Waals surface area contributed by atoms with Gasteiger partial charge in [-0.1, -0.05) is 36.4 Å². The van der Waals surface area contributed by atoms with Crippen LogP contribution in [-0.4, -0.2) is 10.2 Å². The second-order valence-corrected chi connectivity index (χ2v) is 4.53. The summed E-state index contributed by atoms with van der Waals surface area (Å²) in [7, 11) is 0. The Morgan fingerprint density at radius 2 is 1.55 bits per heavy atom. The van der Waals surface area contributed by atoms with Crippen molar-refractivity contribution in [3.05, 3.63) is 77.9 Å². The van der Waals surface area contributed by atoms with E-state index in [1.54, 1.807) is 36.4 Å². The lowest BCUT2D eigenvalue weighted by Crippen LogP contribution is -2.04. The van der Waals surface area contributed by atoms with Gasteiger partial charge in [0.25, 0.3) is 0 Å². The minimum absolute atomic E-state index is 0.171. The fraction of sp³-hybridized carbons (Fsp3) is 0.0588. The van der Waals surface area contributed by atoms with Gasteiger partial charge in [-0.05, 0) is 30.4 Å². The van der Waals surface area contributed by atoms with Crippen LogP contribution in [-0.2, 0) is 4.74 Å². The van der Waals surface area contributed by atoms with Crippen LogP contribution < -0.4 is 0 Å². The zero-order valence-corrected chi connectivity index (χ0v) is 10.7. The van der Waals surface area contributed by atoms with Crippen LogP contribution in [0.3, 0.4) is 0 Å². The maximum atomic E-state index is 9.89. The van der Waals surface area contributed by atoms with E-state index in [0.717, 1.165) is 0 Å². The first-order chi connectivity index (χ1) is 9.75. The third kappa shape index (κ3) is 2.26. The monoisotopic (exact) mass is 266 g/mol. The van der Waals surface area contributed by atoms with Gasteiger partial charge in [0.2, 0.25) is 0 Å². The number of allylic oxidation sites excluding steroid dienone is 2. The number of ether oxygens (including phenoxy) is 1. The number of hydrogen-bond donors (Lipinski definition) is 2. The molecule has 0 fully saturated rings. The molecule has 0 saturated heterocycles. The van der Waals surface area contributed by atoms with Gasteiger partial charge in [-0.15, -0.1) is 0 Å². The summed E-state index contributed by atoms with van der Waals surface area (Å²) in [5.41, 5.74) is 1.34. The van der Waals surface area contributed by atoms with E-state index in [9.17, 15) is 10.2 Å². The standard InChI is InChI=1S/C17H14O3/c18-14-8-3-1-6-12(14)16-10-5-11-17(20-16)13-7-2-4-9-15(13)19/h1-11,16,18-19H. The molecule has 0 aromatic heterocycles. The van der Waals surface area contributed by atoms with Gasteiger partial charge in [0.1, 0.15) is 23.4 Å². The Hall–Kier alpha value is -2.68. The second kappa shape index (κ2) is 5.13. The Morgan fingerprint density at radius 3 is 2.30 bits per heavy atom. The van der Waals surface area contributed by atoms with E-state index in [4.69, 9.17) is 4.74 Å². The lowest BCUT2D eigenvalue weighted by atomic mass is 10.0. The number of aromatic hydroxyl groups is 2. The van der Waals surface area contributed by atoms with Gasteiger partial charge in [-0.3, -0.25) is 0 Å². The largest absolute Gasteiger partial charge is 0.508 e. The molecule has 2 aromatic rings. The first-order valence-corrected chi connectivity index (χ1v) is 6.37. The van der Waals surface area contributed by atoms with E-state index >= 15 is 0 Å². The van der Waals surface area contributed by atoms with Gasteiger partial charge < -0.3 is 14.9 Å². The highest BCUT2D eigenvalue weighted by Gasteiger charge is 2.19. The van der Waals surface area contributed by atoms with E-state index in [-0.39, 0.29) is 17.6 Å². The molecular weight excluding hydrogens is 252 g/mol. The van der Waals surface area contributed by atoms with Crippen LogP contribution in [0, 0.1) is 0 Å². The molecule has 0 bridgehead atoms. The third-order valence-corrected chi connectivity index (χ3v) is 3.20. The normalized spacial score (nSPS) is 17.4. The average molecular weight is 266 g/mol. The van der Waals surface area contributed by atoms with Crippen LogP contribution in [0.15, 0.2) is 66.8 Å². The lowest BCUT2D eigenvalue weighted by Gasteiger charge is -2.22. The Morgan fingerprint density at radius 1 is 0.850 bits per heavy atom. The summed E-state index contributed by atoms with van der Waals surface area (Å²) in [6.45, 7) is 0. The highest BCUT2D eigenvalue weighted by molar-refractivity contribution is 5.68. The predicted octanol–water partition coefficient (Wildman–Crippen LogP) is 3.77. The molecule has 1 unspecified atom stereocenters. The zero-order chi connectivity index (χ0) is 13.9. The van der Waals surface area contributed by atoms with Crippen molar-refractivity contribution in [2.45, 2.75) is 6.10 Å². The number of hydrogen-bond acceptors (Lipinski definition) is 3. The maximum absolute atomic E-state index is 9.89. The van der Waals surface area contributed by atoms with Crippen LogP contribution in [0.25, 0.3) is 5.76 Å². The summed E-state index contributed by atoms with van der Waals surface area (Å²) in [4.78, 5) is 0. The number of benzene rings is 2. The molecule has 2 N–H and O–H groups in total. The fourth-order valence-corrected chi connectivity index (χ4v) is 2.19. The molecule has 1 atom stereocenters. The van der Waals surface area contributed by atoms with Gasteiger partial charge in [0.05, 0.1) is 5.56 Å². The number of rotatable bonds is 2. The summed E-state index contributed by atoms with van der Waals surface area (Å²) in [5, 5.41) is 19.8. The molecule has 0 aliphatic carbocycles. The smallest absolute Gasteiger partial charge is 0.146 e. The molecule has 2 aromatic carbocycles. The molecule has 1 aliphatic rings. The molecule has 1 aliphatic heterocycles. The molecular formula is C17H14O3. The van der Waals surface area contributed by atoms with Crippen molar-refractivity contribution in [2.75, 3.05) is 0 Å². The molecule has 3 heteroatoms. The van der Waals surface area contributed by atoms with E-state index in [1.165, 1.54) is 0 Å². The van der Waals surface area contributed by atoms with Gasteiger partial charge in [0.15, 0.2) is 0 Å². The minimum atomic E-state index is -0.365.